The fraction of sp³-hybridized carbons (Fsp3) is 0.500. The molecule has 0 aromatic heterocycles. The predicted octanol–water partition coefficient (Wildman–Crippen LogP) is 2.20. The molecule has 5 heteroatoms. The van der Waals surface area contributed by atoms with Crippen LogP contribution in [0.1, 0.15) is 25.3 Å². The number of nitrogens with zero attached hydrogens (tertiary/aromatic N) is 2. The molecule has 0 bridgehead atoms. The minimum atomic E-state index is -0.520. The summed E-state index contributed by atoms with van der Waals surface area (Å²) in [5.74, 6) is 1.86. The number of amidine groups is 1. The second-order valence-corrected chi connectivity index (χ2v) is 6.13. The number of ether oxygens (including phenoxy) is 1. The summed E-state index contributed by atoms with van der Waals surface area (Å²) in [6, 6.07) is 7.67. The van der Waals surface area contributed by atoms with Gasteiger partial charge in [0, 0.05) is 13.0 Å². The molecule has 112 valence electrons. The molecule has 1 aliphatic heterocycles. The lowest BCUT2D eigenvalue weighted by Crippen LogP contribution is -2.54. The van der Waals surface area contributed by atoms with E-state index in [1.54, 1.807) is 7.11 Å². The largest absolute Gasteiger partial charge is 0.497 e. The van der Waals surface area contributed by atoms with Gasteiger partial charge in [-0.25, -0.2) is 4.79 Å². The van der Waals surface area contributed by atoms with Gasteiger partial charge >= 0.3 is 6.03 Å². The van der Waals surface area contributed by atoms with Crippen molar-refractivity contribution in [2.45, 2.75) is 31.7 Å². The van der Waals surface area contributed by atoms with Gasteiger partial charge in [0.15, 0.2) is 0 Å². The van der Waals surface area contributed by atoms with Crippen molar-refractivity contribution < 1.29 is 9.53 Å². The molecule has 1 saturated carbocycles. The molecule has 1 atom stereocenters. The van der Waals surface area contributed by atoms with E-state index < -0.39 is 5.54 Å². The molecule has 21 heavy (non-hydrogen) atoms. The number of aliphatic imine (C=N–C) groups is 1. The molecule has 2 aliphatic rings. The SMILES string of the molecule is COc1ccc(CC2(C)C(N)=NC(=O)N2CC2CC2)cc1. The summed E-state index contributed by atoms with van der Waals surface area (Å²) >= 11 is 0. The van der Waals surface area contributed by atoms with E-state index in [-0.39, 0.29) is 6.03 Å². The number of amides is 2. The maximum absolute atomic E-state index is 12.1. The zero-order valence-corrected chi connectivity index (χ0v) is 12.5. The highest BCUT2D eigenvalue weighted by Crippen LogP contribution is 2.35. The van der Waals surface area contributed by atoms with Gasteiger partial charge in [0.2, 0.25) is 0 Å². The molecule has 0 radical (unpaired) electrons. The van der Waals surface area contributed by atoms with Crippen LogP contribution in [0.25, 0.3) is 0 Å². The second-order valence-electron chi connectivity index (χ2n) is 6.13. The lowest BCUT2D eigenvalue weighted by atomic mass is 9.90. The highest BCUT2D eigenvalue weighted by atomic mass is 16.5. The van der Waals surface area contributed by atoms with Gasteiger partial charge in [0.05, 0.1) is 7.11 Å². The van der Waals surface area contributed by atoms with E-state index >= 15 is 0 Å². The molecular weight excluding hydrogens is 266 g/mol. The third-order valence-electron chi connectivity index (χ3n) is 4.44. The van der Waals surface area contributed by atoms with Gasteiger partial charge in [-0.1, -0.05) is 12.1 Å². The van der Waals surface area contributed by atoms with Gasteiger partial charge in [-0.15, -0.1) is 0 Å². The second kappa shape index (κ2) is 5.06. The minimum absolute atomic E-state index is 0.199. The van der Waals surface area contributed by atoms with Crippen LogP contribution in [0.15, 0.2) is 29.3 Å². The van der Waals surface area contributed by atoms with Crippen molar-refractivity contribution in [3.8, 4) is 5.75 Å². The van der Waals surface area contributed by atoms with Gasteiger partial charge in [-0.2, -0.15) is 4.99 Å². The summed E-state index contributed by atoms with van der Waals surface area (Å²) in [6.45, 7) is 2.76. The van der Waals surface area contributed by atoms with Crippen LogP contribution in [0.2, 0.25) is 0 Å². The van der Waals surface area contributed by atoms with Crippen molar-refractivity contribution in [1.82, 2.24) is 4.90 Å². The van der Waals surface area contributed by atoms with Gasteiger partial charge in [-0.3, -0.25) is 0 Å². The molecule has 5 nitrogen and oxygen atoms in total. The van der Waals surface area contributed by atoms with Crippen LogP contribution in [-0.2, 0) is 6.42 Å². The first-order valence-electron chi connectivity index (χ1n) is 7.32. The molecule has 1 aromatic rings. The van der Waals surface area contributed by atoms with Crippen LogP contribution in [0.3, 0.4) is 0 Å². The van der Waals surface area contributed by atoms with E-state index in [2.05, 4.69) is 4.99 Å². The molecule has 1 heterocycles. The molecule has 2 N–H and O–H groups in total. The number of rotatable bonds is 5. The topological polar surface area (TPSA) is 67.9 Å². The first kappa shape index (κ1) is 13.9. The van der Waals surface area contributed by atoms with Crippen LogP contribution in [-0.4, -0.2) is 36.0 Å². The Hall–Kier alpha value is -2.04. The molecule has 3 rings (SSSR count). The first-order valence-corrected chi connectivity index (χ1v) is 7.32. The Labute approximate surface area is 124 Å². The standard InChI is InChI=1S/C16H21N3O2/c1-16(9-11-5-7-13(21-2)8-6-11)14(17)18-15(20)19(16)10-12-3-4-12/h5-8,12H,3-4,9-10H2,1-2H3,(H2,17,18,20). The van der Waals surface area contributed by atoms with Crippen molar-refractivity contribution >= 4 is 11.9 Å². The lowest BCUT2D eigenvalue weighted by molar-refractivity contribution is 0.174. The third kappa shape index (κ3) is 2.60. The minimum Gasteiger partial charge on any atom is -0.497 e. The monoisotopic (exact) mass is 287 g/mol. The quantitative estimate of drug-likeness (QED) is 0.902. The number of hydrogen-bond donors (Lipinski definition) is 1. The molecule has 2 amide bonds. The number of methoxy groups -OCH3 is 1. The molecule has 1 unspecified atom stereocenters. The fourth-order valence-corrected chi connectivity index (χ4v) is 2.80. The number of hydrogen-bond acceptors (Lipinski definition) is 3. The van der Waals surface area contributed by atoms with Crippen LogP contribution in [0.4, 0.5) is 4.79 Å². The summed E-state index contributed by atoms with van der Waals surface area (Å²) in [5.41, 5.74) is 6.65. The maximum Gasteiger partial charge on any atom is 0.346 e. The summed E-state index contributed by atoms with van der Waals surface area (Å²) in [6.07, 6.45) is 3.06. The highest BCUT2D eigenvalue weighted by molar-refractivity contribution is 6.05. The van der Waals surface area contributed by atoms with Gasteiger partial charge in [0.25, 0.3) is 0 Å². The average molecular weight is 287 g/mol. The van der Waals surface area contributed by atoms with Crippen LogP contribution in [0.5, 0.6) is 5.75 Å². The van der Waals surface area contributed by atoms with Crippen LogP contribution < -0.4 is 10.5 Å². The van der Waals surface area contributed by atoms with E-state index in [0.29, 0.717) is 18.2 Å². The van der Waals surface area contributed by atoms with Gasteiger partial charge in [-0.05, 0) is 43.4 Å². The zero-order chi connectivity index (χ0) is 15.0. The number of carbonyl (C=O) groups excluding carboxylic acids is 1. The number of carbonyl (C=O) groups is 1. The Morgan fingerprint density at radius 3 is 2.62 bits per heavy atom. The molecule has 0 spiro atoms. The van der Waals surface area contributed by atoms with E-state index in [1.165, 1.54) is 12.8 Å². The average Bonchev–Trinajstić information content (AvgIpc) is 3.25. The Kier molecular flexibility index (Phi) is 3.35. The third-order valence-corrected chi connectivity index (χ3v) is 4.44. The maximum atomic E-state index is 12.1. The van der Waals surface area contributed by atoms with E-state index in [4.69, 9.17) is 10.5 Å². The molecular formula is C16H21N3O2. The smallest absolute Gasteiger partial charge is 0.346 e. The van der Waals surface area contributed by atoms with Gasteiger partial charge in [0.1, 0.15) is 17.1 Å². The Bertz CT molecular complexity index is 578. The van der Waals surface area contributed by atoms with E-state index in [1.807, 2.05) is 36.1 Å². The van der Waals surface area contributed by atoms with E-state index in [0.717, 1.165) is 17.9 Å². The van der Waals surface area contributed by atoms with Crippen molar-refractivity contribution in [3.05, 3.63) is 29.8 Å². The lowest BCUT2D eigenvalue weighted by Gasteiger charge is -2.35. The Morgan fingerprint density at radius 2 is 2.05 bits per heavy atom. The molecule has 1 aromatic carbocycles. The van der Waals surface area contributed by atoms with Gasteiger partial charge < -0.3 is 15.4 Å². The Morgan fingerprint density at radius 1 is 1.38 bits per heavy atom. The molecule has 1 fully saturated rings. The Balaban J connectivity index is 1.81. The summed E-state index contributed by atoms with van der Waals surface area (Å²) in [4.78, 5) is 17.9. The normalized spacial score (nSPS) is 25.1. The number of benzene rings is 1. The first-order chi connectivity index (χ1) is 10.0. The fourth-order valence-electron chi connectivity index (χ4n) is 2.80. The van der Waals surface area contributed by atoms with Crippen molar-refractivity contribution in [1.29, 1.82) is 0 Å². The highest BCUT2D eigenvalue weighted by Gasteiger charge is 2.46. The summed E-state index contributed by atoms with van der Waals surface area (Å²) in [7, 11) is 1.65. The zero-order valence-electron chi connectivity index (χ0n) is 12.5. The van der Waals surface area contributed by atoms with Crippen molar-refractivity contribution in [2.75, 3.05) is 13.7 Å². The van der Waals surface area contributed by atoms with Crippen LogP contribution >= 0.6 is 0 Å². The summed E-state index contributed by atoms with van der Waals surface area (Å²) < 4.78 is 5.17. The van der Waals surface area contributed by atoms with Crippen molar-refractivity contribution in [2.24, 2.45) is 16.6 Å². The summed E-state index contributed by atoms with van der Waals surface area (Å²) in [5, 5.41) is 0. The van der Waals surface area contributed by atoms with Crippen LogP contribution in [0, 0.1) is 5.92 Å². The number of urea groups is 1. The molecule has 1 aliphatic carbocycles. The van der Waals surface area contributed by atoms with Crippen molar-refractivity contribution in [3.63, 3.8) is 0 Å². The predicted molar refractivity (Wildman–Crippen MR) is 81.6 cm³/mol. The van der Waals surface area contributed by atoms with E-state index in [9.17, 15) is 4.79 Å². The molecule has 0 saturated heterocycles. The number of nitrogens with two attached hydrogens (primary N) is 1.